The minimum atomic E-state index is -3.14. The third kappa shape index (κ3) is 4.24. The van der Waals surface area contributed by atoms with Gasteiger partial charge in [-0.05, 0) is 52.2 Å². The molecule has 1 N–H and O–H groups in total. The van der Waals surface area contributed by atoms with E-state index in [0.717, 1.165) is 4.88 Å². The standard InChI is InChI=1S/C16H20N2O3S3/c1-24(20,21)18-5-2-12(3-6-18)16(19)17-9-15-8-14(11-23-15)13-4-7-22-10-13/h4,7-8,10-12H,2-3,5-6,9H2,1H3,(H,17,19). The van der Waals surface area contributed by atoms with E-state index in [1.807, 2.05) is 0 Å². The van der Waals surface area contributed by atoms with Crippen LogP contribution in [0, 0.1) is 5.92 Å². The first kappa shape index (κ1) is 17.6. The van der Waals surface area contributed by atoms with E-state index in [1.54, 1.807) is 22.7 Å². The molecule has 2 aromatic rings. The molecule has 1 aliphatic heterocycles. The van der Waals surface area contributed by atoms with Crippen molar-refractivity contribution in [3.63, 3.8) is 0 Å². The van der Waals surface area contributed by atoms with Gasteiger partial charge in [0.25, 0.3) is 0 Å². The number of sulfonamides is 1. The molecule has 24 heavy (non-hydrogen) atoms. The Morgan fingerprint density at radius 3 is 2.67 bits per heavy atom. The van der Waals surface area contributed by atoms with Gasteiger partial charge in [-0.3, -0.25) is 4.79 Å². The normalized spacial score (nSPS) is 17.0. The van der Waals surface area contributed by atoms with Crippen LogP contribution in [-0.2, 0) is 21.4 Å². The maximum atomic E-state index is 12.3. The van der Waals surface area contributed by atoms with Crippen molar-refractivity contribution in [2.24, 2.45) is 5.92 Å². The molecule has 5 nitrogen and oxygen atoms in total. The molecule has 0 unspecified atom stereocenters. The Morgan fingerprint density at radius 2 is 2.04 bits per heavy atom. The molecule has 8 heteroatoms. The van der Waals surface area contributed by atoms with Crippen LogP contribution in [0.3, 0.4) is 0 Å². The zero-order valence-electron chi connectivity index (χ0n) is 13.4. The molecule has 0 aliphatic carbocycles. The first-order valence-electron chi connectivity index (χ1n) is 7.76. The summed E-state index contributed by atoms with van der Waals surface area (Å²) in [6.07, 6.45) is 2.39. The molecule has 0 radical (unpaired) electrons. The van der Waals surface area contributed by atoms with E-state index in [4.69, 9.17) is 0 Å². The fraction of sp³-hybridized carbons (Fsp3) is 0.438. The van der Waals surface area contributed by atoms with Gasteiger partial charge in [-0.2, -0.15) is 11.3 Å². The predicted molar refractivity (Wildman–Crippen MR) is 98.6 cm³/mol. The molecular weight excluding hydrogens is 364 g/mol. The maximum Gasteiger partial charge on any atom is 0.223 e. The number of hydrogen-bond acceptors (Lipinski definition) is 5. The SMILES string of the molecule is CS(=O)(=O)N1CCC(C(=O)NCc2cc(-c3ccsc3)cs2)CC1. The number of thiophene rings is 2. The summed E-state index contributed by atoms with van der Waals surface area (Å²) in [6, 6.07) is 4.20. The topological polar surface area (TPSA) is 66.5 Å². The van der Waals surface area contributed by atoms with Crippen LogP contribution in [0.1, 0.15) is 17.7 Å². The van der Waals surface area contributed by atoms with Crippen molar-refractivity contribution in [1.29, 1.82) is 0 Å². The Labute approximate surface area is 150 Å². The van der Waals surface area contributed by atoms with Gasteiger partial charge in [-0.15, -0.1) is 11.3 Å². The molecule has 0 saturated carbocycles. The summed E-state index contributed by atoms with van der Waals surface area (Å²) in [4.78, 5) is 13.4. The summed E-state index contributed by atoms with van der Waals surface area (Å²) in [5.74, 6) is -0.0760. The van der Waals surface area contributed by atoms with Gasteiger partial charge in [0.2, 0.25) is 15.9 Å². The number of carbonyl (C=O) groups excluding carboxylic acids is 1. The summed E-state index contributed by atoms with van der Waals surface area (Å²) in [7, 11) is -3.14. The summed E-state index contributed by atoms with van der Waals surface area (Å²) in [5.41, 5.74) is 2.40. The number of nitrogens with zero attached hydrogens (tertiary/aromatic N) is 1. The van der Waals surface area contributed by atoms with E-state index in [9.17, 15) is 13.2 Å². The summed E-state index contributed by atoms with van der Waals surface area (Å²) in [6.45, 7) is 1.39. The van der Waals surface area contributed by atoms with Gasteiger partial charge >= 0.3 is 0 Å². The van der Waals surface area contributed by atoms with Gasteiger partial charge < -0.3 is 5.32 Å². The molecule has 130 valence electrons. The Balaban J connectivity index is 1.50. The Hall–Kier alpha value is -1.22. The molecule has 1 fully saturated rings. The lowest BCUT2D eigenvalue weighted by Gasteiger charge is -2.29. The molecular formula is C16H20N2O3S3. The van der Waals surface area contributed by atoms with E-state index in [0.29, 0.717) is 32.5 Å². The molecule has 2 aromatic heterocycles. The third-order valence-electron chi connectivity index (χ3n) is 4.24. The summed E-state index contributed by atoms with van der Waals surface area (Å²) >= 11 is 3.31. The lowest BCUT2D eigenvalue weighted by Crippen LogP contribution is -2.42. The van der Waals surface area contributed by atoms with E-state index in [2.05, 4.69) is 33.6 Å². The Morgan fingerprint density at radius 1 is 1.29 bits per heavy atom. The van der Waals surface area contributed by atoms with E-state index >= 15 is 0 Å². The average Bonchev–Trinajstić information content (AvgIpc) is 3.23. The van der Waals surface area contributed by atoms with Gasteiger partial charge in [-0.25, -0.2) is 12.7 Å². The fourth-order valence-electron chi connectivity index (χ4n) is 2.82. The second-order valence-corrected chi connectivity index (χ2v) is 9.73. The van der Waals surface area contributed by atoms with Gasteiger partial charge in [0.15, 0.2) is 0 Å². The number of carbonyl (C=O) groups is 1. The smallest absolute Gasteiger partial charge is 0.223 e. The highest BCUT2D eigenvalue weighted by molar-refractivity contribution is 7.88. The lowest BCUT2D eigenvalue weighted by atomic mass is 9.97. The molecule has 3 heterocycles. The van der Waals surface area contributed by atoms with Crippen molar-refractivity contribution < 1.29 is 13.2 Å². The third-order valence-corrected chi connectivity index (χ3v) is 7.16. The van der Waals surface area contributed by atoms with Crippen LogP contribution in [0.25, 0.3) is 11.1 Å². The number of piperidine rings is 1. The van der Waals surface area contributed by atoms with Crippen molar-refractivity contribution in [3.05, 3.63) is 33.2 Å². The molecule has 0 aromatic carbocycles. The van der Waals surface area contributed by atoms with Gasteiger partial charge in [-0.1, -0.05) is 0 Å². The first-order chi connectivity index (χ1) is 11.4. The highest BCUT2D eigenvalue weighted by Crippen LogP contribution is 2.27. The largest absolute Gasteiger partial charge is 0.351 e. The van der Waals surface area contributed by atoms with Gasteiger partial charge in [0, 0.05) is 23.9 Å². The molecule has 3 rings (SSSR count). The summed E-state index contributed by atoms with van der Waals surface area (Å²) < 4.78 is 24.4. The monoisotopic (exact) mass is 384 g/mol. The molecule has 1 amide bonds. The van der Waals surface area contributed by atoms with Crippen LogP contribution in [0.2, 0.25) is 0 Å². The molecule has 0 atom stereocenters. The zero-order chi connectivity index (χ0) is 17.2. The second-order valence-electron chi connectivity index (χ2n) is 5.97. The number of rotatable bonds is 5. The van der Waals surface area contributed by atoms with Crippen LogP contribution < -0.4 is 5.32 Å². The molecule has 0 bridgehead atoms. The van der Waals surface area contributed by atoms with E-state index in [1.165, 1.54) is 21.7 Å². The lowest BCUT2D eigenvalue weighted by molar-refractivity contribution is -0.126. The number of hydrogen-bond donors (Lipinski definition) is 1. The van der Waals surface area contributed by atoms with Crippen LogP contribution in [0.15, 0.2) is 28.3 Å². The number of amides is 1. The van der Waals surface area contributed by atoms with Crippen LogP contribution >= 0.6 is 22.7 Å². The second kappa shape index (κ2) is 7.35. The average molecular weight is 385 g/mol. The Kier molecular flexibility index (Phi) is 5.39. The Bertz CT molecular complexity index is 788. The minimum absolute atomic E-state index is 0.0219. The minimum Gasteiger partial charge on any atom is -0.351 e. The van der Waals surface area contributed by atoms with Crippen molar-refractivity contribution in [2.75, 3.05) is 19.3 Å². The zero-order valence-corrected chi connectivity index (χ0v) is 15.8. The quantitative estimate of drug-likeness (QED) is 0.862. The maximum absolute atomic E-state index is 12.3. The van der Waals surface area contributed by atoms with Crippen LogP contribution in [-0.4, -0.2) is 38.0 Å². The highest BCUT2D eigenvalue weighted by Gasteiger charge is 2.28. The van der Waals surface area contributed by atoms with Crippen molar-refractivity contribution in [1.82, 2.24) is 9.62 Å². The fourth-order valence-corrected chi connectivity index (χ4v) is 5.19. The number of nitrogens with one attached hydrogen (secondary N) is 1. The van der Waals surface area contributed by atoms with Crippen molar-refractivity contribution >= 4 is 38.6 Å². The van der Waals surface area contributed by atoms with E-state index in [-0.39, 0.29) is 11.8 Å². The van der Waals surface area contributed by atoms with E-state index < -0.39 is 10.0 Å². The predicted octanol–water partition coefficient (Wildman–Crippen LogP) is 2.76. The van der Waals surface area contributed by atoms with Crippen LogP contribution in [0.5, 0.6) is 0 Å². The van der Waals surface area contributed by atoms with Gasteiger partial charge in [0.1, 0.15) is 0 Å². The highest BCUT2D eigenvalue weighted by atomic mass is 32.2. The molecule has 1 saturated heterocycles. The first-order valence-corrected chi connectivity index (χ1v) is 11.4. The van der Waals surface area contributed by atoms with Crippen LogP contribution in [0.4, 0.5) is 0 Å². The molecule has 1 aliphatic rings. The van der Waals surface area contributed by atoms with Crippen molar-refractivity contribution in [3.8, 4) is 11.1 Å². The summed E-state index contributed by atoms with van der Waals surface area (Å²) in [5, 5.41) is 9.26. The van der Waals surface area contributed by atoms with Gasteiger partial charge in [0.05, 0.1) is 12.8 Å². The van der Waals surface area contributed by atoms with Crippen molar-refractivity contribution in [2.45, 2.75) is 19.4 Å². The molecule has 0 spiro atoms.